The molecule has 0 unspecified atom stereocenters. The summed E-state index contributed by atoms with van der Waals surface area (Å²) in [5, 5.41) is 0. The van der Waals surface area contributed by atoms with Crippen molar-refractivity contribution >= 4 is 11.4 Å². The van der Waals surface area contributed by atoms with E-state index in [9.17, 15) is 4.39 Å². The molecule has 4 nitrogen and oxygen atoms in total. The molecule has 3 heterocycles. The summed E-state index contributed by atoms with van der Waals surface area (Å²) >= 11 is 0. The fourth-order valence-corrected chi connectivity index (χ4v) is 3.75. The summed E-state index contributed by atoms with van der Waals surface area (Å²) in [6, 6.07) is 10.2. The van der Waals surface area contributed by atoms with Crippen LogP contribution in [0, 0.1) is 0 Å². The minimum absolute atomic E-state index is 0.0938. The average Bonchev–Trinajstić information content (AvgIpc) is 3.00. The zero-order valence-corrected chi connectivity index (χ0v) is 13.0. The molecule has 0 saturated carbocycles. The van der Waals surface area contributed by atoms with Crippen molar-refractivity contribution in [2.45, 2.75) is 31.7 Å². The van der Waals surface area contributed by atoms with E-state index in [2.05, 4.69) is 39.0 Å². The summed E-state index contributed by atoms with van der Waals surface area (Å²) in [5.74, 6) is 0. The maximum Gasteiger partial charge on any atom is 0.119 e. The van der Waals surface area contributed by atoms with E-state index in [0.717, 1.165) is 18.8 Å². The second-order valence-electron chi connectivity index (χ2n) is 6.43. The number of hydrogen-bond donors (Lipinski definition) is 1. The molecular weight excluding hydrogens is 291 g/mol. The summed E-state index contributed by atoms with van der Waals surface area (Å²) in [7, 11) is 0. The van der Waals surface area contributed by atoms with Gasteiger partial charge in [0.05, 0.1) is 23.6 Å². The smallest absolute Gasteiger partial charge is 0.119 e. The third kappa shape index (κ3) is 2.65. The summed E-state index contributed by atoms with van der Waals surface area (Å²) < 4.78 is 14.6. The molecule has 0 aliphatic carbocycles. The molecule has 0 amide bonds. The van der Waals surface area contributed by atoms with E-state index in [-0.39, 0.29) is 6.04 Å². The zero-order chi connectivity index (χ0) is 15.8. The largest absolute Gasteiger partial charge is 0.396 e. The maximum absolute atomic E-state index is 14.6. The van der Waals surface area contributed by atoms with E-state index in [1.807, 2.05) is 6.07 Å². The highest BCUT2D eigenvalue weighted by Gasteiger charge is 2.36. The number of rotatable bonds is 2. The molecule has 0 radical (unpaired) electrons. The highest BCUT2D eigenvalue weighted by atomic mass is 19.1. The Kier molecular flexibility index (Phi) is 3.65. The van der Waals surface area contributed by atoms with Gasteiger partial charge in [0.1, 0.15) is 6.17 Å². The van der Waals surface area contributed by atoms with Gasteiger partial charge in [0.25, 0.3) is 0 Å². The molecular formula is C18H21FN4. The summed E-state index contributed by atoms with van der Waals surface area (Å²) in [5.41, 5.74) is 10.3. The van der Waals surface area contributed by atoms with E-state index in [1.165, 1.54) is 11.1 Å². The minimum Gasteiger partial charge on any atom is -0.396 e. The van der Waals surface area contributed by atoms with E-state index < -0.39 is 6.17 Å². The summed E-state index contributed by atoms with van der Waals surface area (Å²) in [6.45, 7) is 3.04. The van der Waals surface area contributed by atoms with Crippen LogP contribution in [0.3, 0.4) is 0 Å². The number of aromatic nitrogens is 1. The number of alkyl halides is 1. The second kappa shape index (κ2) is 5.81. The average molecular weight is 312 g/mol. The van der Waals surface area contributed by atoms with Gasteiger partial charge < -0.3 is 10.6 Å². The van der Waals surface area contributed by atoms with E-state index in [1.54, 1.807) is 12.4 Å². The first-order valence-electron chi connectivity index (χ1n) is 8.11. The lowest BCUT2D eigenvalue weighted by molar-refractivity contribution is 0.0929. The van der Waals surface area contributed by atoms with Gasteiger partial charge in [0.15, 0.2) is 0 Å². The van der Waals surface area contributed by atoms with Crippen LogP contribution in [0.4, 0.5) is 15.8 Å². The fraction of sp³-hybridized carbons (Fsp3) is 0.389. The highest BCUT2D eigenvalue weighted by Crippen LogP contribution is 2.32. The predicted molar refractivity (Wildman–Crippen MR) is 89.9 cm³/mol. The number of nitrogen functional groups attached to an aromatic ring is 1. The molecule has 2 aromatic rings. The third-order valence-corrected chi connectivity index (χ3v) is 5.00. The molecule has 1 aromatic carbocycles. The number of halogens is 1. The Morgan fingerprint density at radius 2 is 1.87 bits per heavy atom. The van der Waals surface area contributed by atoms with Crippen LogP contribution in [0.15, 0.2) is 42.7 Å². The van der Waals surface area contributed by atoms with Crippen molar-refractivity contribution < 1.29 is 4.39 Å². The first-order chi connectivity index (χ1) is 11.2. The van der Waals surface area contributed by atoms with E-state index in [0.29, 0.717) is 25.2 Å². The SMILES string of the molecule is Nc1cnccc1N1CC[C@@H](F)[C@@H](N2Cc3ccccc3C2)C1. The first-order valence-corrected chi connectivity index (χ1v) is 8.11. The Hall–Kier alpha value is -2.14. The monoisotopic (exact) mass is 312 g/mol. The molecule has 2 aliphatic rings. The van der Waals surface area contributed by atoms with Gasteiger partial charge in [-0.1, -0.05) is 24.3 Å². The fourth-order valence-electron chi connectivity index (χ4n) is 3.75. The number of pyridine rings is 1. The topological polar surface area (TPSA) is 45.4 Å². The number of benzene rings is 1. The van der Waals surface area contributed by atoms with Gasteiger partial charge >= 0.3 is 0 Å². The number of nitrogens with two attached hydrogens (primary N) is 1. The van der Waals surface area contributed by atoms with Crippen molar-refractivity contribution in [2.75, 3.05) is 23.7 Å². The van der Waals surface area contributed by atoms with Gasteiger partial charge in [-0.15, -0.1) is 0 Å². The molecule has 0 bridgehead atoms. The van der Waals surface area contributed by atoms with Gasteiger partial charge in [-0.05, 0) is 23.6 Å². The number of nitrogens with zero attached hydrogens (tertiary/aromatic N) is 3. The molecule has 1 fully saturated rings. The van der Waals surface area contributed by atoms with Crippen LogP contribution in [0.2, 0.25) is 0 Å². The van der Waals surface area contributed by atoms with Crippen molar-refractivity contribution in [1.82, 2.24) is 9.88 Å². The lowest BCUT2D eigenvalue weighted by Gasteiger charge is -2.41. The molecule has 1 aromatic heterocycles. The van der Waals surface area contributed by atoms with Gasteiger partial charge in [-0.25, -0.2) is 4.39 Å². The molecule has 1 saturated heterocycles. The second-order valence-corrected chi connectivity index (χ2v) is 6.43. The number of anilines is 2. The Labute approximate surface area is 135 Å². The zero-order valence-electron chi connectivity index (χ0n) is 13.0. The number of piperidine rings is 1. The van der Waals surface area contributed by atoms with Crippen LogP contribution < -0.4 is 10.6 Å². The lowest BCUT2D eigenvalue weighted by atomic mass is 10.0. The molecule has 2 N–H and O–H groups in total. The van der Waals surface area contributed by atoms with Crippen molar-refractivity contribution in [3.8, 4) is 0 Å². The van der Waals surface area contributed by atoms with Crippen molar-refractivity contribution in [3.63, 3.8) is 0 Å². The predicted octanol–water partition coefficient (Wildman–Crippen LogP) is 2.60. The van der Waals surface area contributed by atoms with Crippen LogP contribution in [-0.2, 0) is 13.1 Å². The Morgan fingerprint density at radius 1 is 1.13 bits per heavy atom. The van der Waals surface area contributed by atoms with Crippen LogP contribution in [0.1, 0.15) is 17.5 Å². The van der Waals surface area contributed by atoms with Crippen molar-refractivity contribution in [1.29, 1.82) is 0 Å². The Balaban J connectivity index is 1.54. The number of fused-ring (bicyclic) bond motifs is 1. The van der Waals surface area contributed by atoms with Crippen LogP contribution in [-0.4, -0.2) is 35.2 Å². The number of hydrogen-bond acceptors (Lipinski definition) is 4. The summed E-state index contributed by atoms with van der Waals surface area (Å²) in [6.07, 6.45) is 3.16. The normalized spacial score (nSPS) is 24.7. The van der Waals surface area contributed by atoms with Crippen LogP contribution in [0.25, 0.3) is 0 Å². The molecule has 120 valence electrons. The van der Waals surface area contributed by atoms with Crippen molar-refractivity contribution in [2.24, 2.45) is 0 Å². The van der Waals surface area contributed by atoms with Crippen molar-refractivity contribution in [3.05, 3.63) is 53.9 Å². The van der Waals surface area contributed by atoms with Crippen LogP contribution >= 0.6 is 0 Å². The highest BCUT2D eigenvalue weighted by molar-refractivity contribution is 5.66. The van der Waals surface area contributed by atoms with Gasteiger partial charge in [-0.3, -0.25) is 9.88 Å². The summed E-state index contributed by atoms with van der Waals surface area (Å²) in [4.78, 5) is 8.50. The van der Waals surface area contributed by atoms with Gasteiger partial charge in [-0.2, -0.15) is 0 Å². The molecule has 2 atom stereocenters. The molecule has 23 heavy (non-hydrogen) atoms. The Bertz CT molecular complexity index is 680. The quantitative estimate of drug-likeness (QED) is 0.926. The van der Waals surface area contributed by atoms with Crippen LogP contribution in [0.5, 0.6) is 0 Å². The minimum atomic E-state index is -0.788. The Morgan fingerprint density at radius 3 is 2.57 bits per heavy atom. The van der Waals surface area contributed by atoms with Gasteiger partial charge in [0, 0.05) is 32.4 Å². The molecule has 0 spiro atoms. The first kappa shape index (κ1) is 14.5. The van der Waals surface area contributed by atoms with E-state index >= 15 is 0 Å². The lowest BCUT2D eigenvalue weighted by Crippen LogP contribution is -2.52. The molecule has 2 aliphatic heterocycles. The molecule has 4 rings (SSSR count). The molecule has 5 heteroatoms. The maximum atomic E-state index is 14.6. The third-order valence-electron chi connectivity index (χ3n) is 5.00. The van der Waals surface area contributed by atoms with E-state index in [4.69, 9.17) is 5.73 Å². The standard InChI is InChI=1S/C18H21FN4/c19-15-6-8-22(17-5-7-21-9-16(17)20)12-18(15)23-10-13-3-1-2-4-14(13)11-23/h1-5,7,9,15,18H,6,8,10-12,20H2/t15-,18+/m1/s1. The van der Waals surface area contributed by atoms with Gasteiger partial charge in [0.2, 0.25) is 0 Å².